The van der Waals surface area contributed by atoms with Crippen molar-refractivity contribution in [1.29, 1.82) is 0 Å². The SMILES string of the molecule is CCc1ccc(OC)c(CCc2cnc(N)o2)c1. The molecule has 0 radical (unpaired) electrons. The number of anilines is 1. The first kappa shape index (κ1) is 12.5. The maximum absolute atomic E-state index is 5.45. The quantitative estimate of drug-likeness (QED) is 0.881. The molecule has 0 saturated heterocycles. The fourth-order valence-corrected chi connectivity index (χ4v) is 1.94. The van der Waals surface area contributed by atoms with Crippen LogP contribution in [0.3, 0.4) is 0 Å². The van der Waals surface area contributed by atoms with Gasteiger partial charge in [0, 0.05) is 6.42 Å². The number of nitrogen functional groups attached to an aromatic ring is 1. The maximum atomic E-state index is 5.45. The van der Waals surface area contributed by atoms with Crippen molar-refractivity contribution in [2.45, 2.75) is 26.2 Å². The van der Waals surface area contributed by atoms with E-state index in [1.165, 1.54) is 11.1 Å². The van der Waals surface area contributed by atoms with E-state index in [1.807, 2.05) is 6.07 Å². The largest absolute Gasteiger partial charge is 0.496 e. The number of benzene rings is 1. The van der Waals surface area contributed by atoms with Crippen LogP contribution in [-0.4, -0.2) is 12.1 Å². The molecule has 0 unspecified atom stereocenters. The molecule has 0 bridgehead atoms. The van der Waals surface area contributed by atoms with Crippen molar-refractivity contribution in [1.82, 2.24) is 4.98 Å². The van der Waals surface area contributed by atoms with Gasteiger partial charge < -0.3 is 14.9 Å². The predicted molar refractivity (Wildman–Crippen MR) is 70.7 cm³/mol. The Hall–Kier alpha value is -1.97. The van der Waals surface area contributed by atoms with Gasteiger partial charge in [-0.05, 0) is 30.0 Å². The summed E-state index contributed by atoms with van der Waals surface area (Å²) in [5, 5.41) is 0. The lowest BCUT2D eigenvalue weighted by molar-refractivity contribution is 0.408. The summed E-state index contributed by atoms with van der Waals surface area (Å²) in [6.45, 7) is 2.14. The number of hydrogen-bond donors (Lipinski definition) is 1. The number of hydrogen-bond acceptors (Lipinski definition) is 4. The summed E-state index contributed by atoms with van der Waals surface area (Å²) >= 11 is 0. The number of rotatable bonds is 5. The number of aromatic nitrogens is 1. The molecule has 96 valence electrons. The van der Waals surface area contributed by atoms with Crippen molar-refractivity contribution < 1.29 is 9.15 Å². The first-order chi connectivity index (χ1) is 8.72. The summed E-state index contributed by atoms with van der Waals surface area (Å²) < 4.78 is 10.6. The van der Waals surface area contributed by atoms with Gasteiger partial charge in [0.15, 0.2) is 0 Å². The van der Waals surface area contributed by atoms with Crippen LogP contribution in [0.1, 0.15) is 23.8 Å². The van der Waals surface area contributed by atoms with Gasteiger partial charge in [-0.1, -0.05) is 19.1 Å². The van der Waals surface area contributed by atoms with Gasteiger partial charge in [-0.25, -0.2) is 4.98 Å². The minimum absolute atomic E-state index is 0.222. The summed E-state index contributed by atoms with van der Waals surface area (Å²) in [7, 11) is 1.69. The zero-order chi connectivity index (χ0) is 13.0. The molecule has 1 aromatic heterocycles. The van der Waals surface area contributed by atoms with E-state index in [4.69, 9.17) is 14.9 Å². The van der Waals surface area contributed by atoms with Gasteiger partial charge in [-0.15, -0.1) is 0 Å². The third-order valence-corrected chi connectivity index (χ3v) is 2.97. The molecule has 2 rings (SSSR count). The van der Waals surface area contributed by atoms with Crippen LogP contribution in [0.2, 0.25) is 0 Å². The number of aryl methyl sites for hydroxylation is 3. The highest BCUT2D eigenvalue weighted by molar-refractivity contribution is 5.37. The van der Waals surface area contributed by atoms with Gasteiger partial charge in [-0.2, -0.15) is 0 Å². The van der Waals surface area contributed by atoms with E-state index in [2.05, 4.69) is 24.0 Å². The first-order valence-corrected chi connectivity index (χ1v) is 6.09. The van der Waals surface area contributed by atoms with Crippen molar-refractivity contribution in [3.8, 4) is 5.75 Å². The molecule has 2 aromatic rings. The molecular weight excluding hydrogens is 228 g/mol. The number of methoxy groups -OCH3 is 1. The summed E-state index contributed by atoms with van der Waals surface area (Å²) in [4.78, 5) is 3.89. The van der Waals surface area contributed by atoms with Crippen LogP contribution in [0.25, 0.3) is 0 Å². The molecule has 1 aromatic carbocycles. The second kappa shape index (κ2) is 5.58. The van der Waals surface area contributed by atoms with E-state index in [9.17, 15) is 0 Å². The predicted octanol–water partition coefficient (Wildman–Crippen LogP) is 2.61. The van der Waals surface area contributed by atoms with Crippen LogP contribution in [0.5, 0.6) is 5.75 Å². The minimum atomic E-state index is 0.222. The van der Waals surface area contributed by atoms with Gasteiger partial charge in [0.1, 0.15) is 11.5 Å². The van der Waals surface area contributed by atoms with Crippen molar-refractivity contribution in [2.24, 2.45) is 0 Å². The fourth-order valence-electron chi connectivity index (χ4n) is 1.94. The van der Waals surface area contributed by atoms with Gasteiger partial charge >= 0.3 is 0 Å². The van der Waals surface area contributed by atoms with E-state index in [0.717, 1.165) is 30.8 Å². The Balaban J connectivity index is 2.11. The Morgan fingerprint density at radius 3 is 2.78 bits per heavy atom. The lowest BCUT2D eigenvalue weighted by atomic mass is 10.0. The molecule has 18 heavy (non-hydrogen) atoms. The molecule has 0 aliphatic rings. The smallest absolute Gasteiger partial charge is 0.292 e. The van der Waals surface area contributed by atoms with Gasteiger partial charge in [0.2, 0.25) is 0 Å². The third kappa shape index (κ3) is 2.83. The monoisotopic (exact) mass is 246 g/mol. The lowest BCUT2D eigenvalue weighted by Gasteiger charge is -2.09. The van der Waals surface area contributed by atoms with Crippen LogP contribution in [0, 0.1) is 0 Å². The third-order valence-electron chi connectivity index (χ3n) is 2.97. The number of ether oxygens (including phenoxy) is 1. The molecule has 1 heterocycles. The fraction of sp³-hybridized carbons (Fsp3) is 0.357. The van der Waals surface area contributed by atoms with Gasteiger partial charge in [-0.3, -0.25) is 0 Å². The van der Waals surface area contributed by atoms with E-state index < -0.39 is 0 Å². The topological polar surface area (TPSA) is 61.3 Å². The second-order valence-electron chi connectivity index (χ2n) is 4.16. The van der Waals surface area contributed by atoms with Gasteiger partial charge in [0.05, 0.1) is 13.3 Å². The number of nitrogens with zero attached hydrogens (tertiary/aromatic N) is 1. The van der Waals surface area contributed by atoms with Gasteiger partial charge in [0.25, 0.3) is 6.01 Å². The van der Waals surface area contributed by atoms with Crippen molar-refractivity contribution >= 4 is 6.01 Å². The maximum Gasteiger partial charge on any atom is 0.292 e. The molecule has 2 N–H and O–H groups in total. The standard InChI is InChI=1S/C14H18N2O2/c1-3-10-4-7-13(17-2)11(8-10)5-6-12-9-16-14(15)18-12/h4,7-9H,3,5-6H2,1-2H3,(H2,15,16). The second-order valence-corrected chi connectivity index (χ2v) is 4.16. The number of oxazole rings is 1. The molecule has 0 amide bonds. The Morgan fingerprint density at radius 1 is 1.33 bits per heavy atom. The van der Waals surface area contributed by atoms with Crippen LogP contribution < -0.4 is 10.5 Å². The van der Waals surface area contributed by atoms with Crippen LogP contribution in [0.15, 0.2) is 28.8 Å². The summed E-state index contributed by atoms with van der Waals surface area (Å²) in [5.41, 5.74) is 7.94. The number of nitrogens with two attached hydrogens (primary N) is 1. The van der Waals surface area contributed by atoms with Crippen LogP contribution >= 0.6 is 0 Å². The average molecular weight is 246 g/mol. The van der Waals surface area contributed by atoms with E-state index in [-0.39, 0.29) is 6.01 Å². The highest BCUT2D eigenvalue weighted by Gasteiger charge is 2.07. The lowest BCUT2D eigenvalue weighted by Crippen LogP contribution is -1.96. The Kier molecular flexibility index (Phi) is 3.87. The Labute approximate surface area is 107 Å². The molecule has 0 atom stereocenters. The zero-order valence-corrected chi connectivity index (χ0v) is 10.8. The Bertz CT molecular complexity index is 520. The van der Waals surface area contributed by atoms with Crippen molar-refractivity contribution in [2.75, 3.05) is 12.8 Å². The molecule has 0 fully saturated rings. The first-order valence-electron chi connectivity index (χ1n) is 6.09. The normalized spacial score (nSPS) is 10.6. The molecule has 0 spiro atoms. The highest BCUT2D eigenvalue weighted by Crippen LogP contribution is 2.22. The van der Waals surface area contributed by atoms with E-state index >= 15 is 0 Å². The molecule has 0 aliphatic carbocycles. The molecular formula is C14H18N2O2. The Morgan fingerprint density at radius 2 is 2.17 bits per heavy atom. The molecule has 0 saturated carbocycles. The summed E-state index contributed by atoms with van der Waals surface area (Å²) in [6, 6.07) is 6.51. The van der Waals surface area contributed by atoms with E-state index in [0.29, 0.717) is 0 Å². The zero-order valence-electron chi connectivity index (χ0n) is 10.8. The molecule has 4 heteroatoms. The average Bonchev–Trinajstić information content (AvgIpc) is 2.81. The molecule has 4 nitrogen and oxygen atoms in total. The molecule has 0 aliphatic heterocycles. The summed E-state index contributed by atoms with van der Waals surface area (Å²) in [5.74, 6) is 1.72. The van der Waals surface area contributed by atoms with E-state index in [1.54, 1.807) is 13.3 Å². The minimum Gasteiger partial charge on any atom is -0.496 e. The van der Waals surface area contributed by atoms with Crippen LogP contribution in [0.4, 0.5) is 6.01 Å². The van der Waals surface area contributed by atoms with Crippen molar-refractivity contribution in [3.63, 3.8) is 0 Å². The van der Waals surface area contributed by atoms with Crippen LogP contribution in [-0.2, 0) is 19.3 Å². The summed E-state index contributed by atoms with van der Waals surface area (Å²) in [6.07, 6.45) is 4.32. The van der Waals surface area contributed by atoms with Crippen molar-refractivity contribution in [3.05, 3.63) is 41.3 Å². The highest BCUT2D eigenvalue weighted by atomic mass is 16.5.